The Kier molecular flexibility index (Phi) is 4.38. The highest BCUT2D eigenvalue weighted by Gasteiger charge is 2.34. The van der Waals surface area contributed by atoms with Crippen LogP contribution in [0.1, 0.15) is 32.1 Å². The molecule has 0 radical (unpaired) electrons. The lowest BCUT2D eigenvalue weighted by Crippen LogP contribution is -2.43. The molecular formula is C16H20N2O4. The number of rotatable bonds is 4. The van der Waals surface area contributed by atoms with E-state index in [9.17, 15) is 14.9 Å². The van der Waals surface area contributed by atoms with Gasteiger partial charge in [-0.1, -0.05) is 18.9 Å². The maximum atomic E-state index is 12.9. The molecule has 22 heavy (non-hydrogen) atoms. The van der Waals surface area contributed by atoms with E-state index in [1.807, 2.05) is 0 Å². The maximum absolute atomic E-state index is 12.9. The second-order valence-corrected chi connectivity index (χ2v) is 5.98. The highest BCUT2D eigenvalue weighted by Crippen LogP contribution is 2.32. The standard InChI is InChI=1S/C16H20N2O4/c19-16(12-8-9-22-11-12)17(13-4-1-2-5-13)14-6-3-7-15(10-14)18(20)21/h3,6-7,10,12-13H,1-2,4-5,8-9,11H2/t12-/m0/s1. The van der Waals surface area contributed by atoms with Crippen LogP contribution in [0.3, 0.4) is 0 Å². The number of benzene rings is 1. The minimum absolute atomic E-state index is 0.0240. The largest absolute Gasteiger partial charge is 0.381 e. The fourth-order valence-corrected chi connectivity index (χ4v) is 3.36. The number of carbonyl (C=O) groups is 1. The van der Waals surface area contributed by atoms with Crippen molar-refractivity contribution < 1.29 is 14.5 Å². The van der Waals surface area contributed by atoms with Gasteiger partial charge in [-0.25, -0.2) is 0 Å². The van der Waals surface area contributed by atoms with E-state index in [1.165, 1.54) is 12.1 Å². The number of non-ortho nitro benzene ring substituents is 1. The summed E-state index contributed by atoms with van der Waals surface area (Å²) in [5.41, 5.74) is 0.661. The molecular weight excluding hydrogens is 284 g/mol. The Labute approximate surface area is 129 Å². The Morgan fingerprint density at radius 1 is 1.27 bits per heavy atom. The smallest absolute Gasteiger partial charge is 0.271 e. The van der Waals surface area contributed by atoms with Gasteiger partial charge in [0.2, 0.25) is 5.91 Å². The van der Waals surface area contributed by atoms with Gasteiger partial charge in [-0.15, -0.1) is 0 Å². The Balaban J connectivity index is 1.92. The van der Waals surface area contributed by atoms with Gasteiger partial charge in [-0.05, 0) is 25.3 Å². The van der Waals surface area contributed by atoms with Crippen molar-refractivity contribution in [3.63, 3.8) is 0 Å². The molecule has 0 N–H and O–H groups in total. The summed E-state index contributed by atoms with van der Waals surface area (Å²) >= 11 is 0. The number of hydrogen-bond acceptors (Lipinski definition) is 4. The third kappa shape index (κ3) is 2.97. The molecule has 0 spiro atoms. The molecule has 1 aromatic rings. The number of nitro benzene ring substituents is 1. The van der Waals surface area contributed by atoms with Crippen LogP contribution in [0.4, 0.5) is 11.4 Å². The van der Waals surface area contributed by atoms with Crippen LogP contribution in [0.15, 0.2) is 24.3 Å². The molecule has 2 fully saturated rings. The lowest BCUT2D eigenvalue weighted by molar-refractivity contribution is -0.384. The van der Waals surface area contributed by atoms with E-state index in [-0.39, 0.29) is 23.6 Å². The molecule has 6 nitrogen and oxygen atoms in total. The van der Waals surface area contributed by atoms with Crippen LogP contribution in [-0.4, -0.2) is 30.1 Å². The van der Waals surface area contributed by atoms with Crippen LogP contribution in [0.2, 0.25) is 0 Å². The lowest BCUT2D eigenvalue weighted by atomic mass is 10.0. The normalized spacial score (nSPS) is 21.9. The first-order valence-electron chi connectivity index (χ1n) is 7.82. The zero-order valence-electron chi connectivity index (χ0n) is 12.4. The van der Waals surface area contributed by atoms with Crippen LogP contribution >= 0.6 is 0 Å². The van der Waals surface area contributed by atoms with Crippen molar-refractivity contribution in [1.29, 1.82) is 0 Å². The monoisotopic (exact) mass is 304 g/mol. The summed E-state index contributed by atoms with van der Waals surface area (Å²) in [6.07, 6.45) is 4.86. The molecule has 6 heteroatoms. The van der Waals surface area contributed by atoms with Gasteiger partial charge in [0.25, 0.3) is 5.69 Å². The Hall–Kier alpha value is -1.95. The number of carbonyl (C=O) groups excluding carboxylic acids is 1. The van der Waals surface area contributed by atoms with Gasteiger partial charge in [0.15, 0.2) is 0 Å². The van der Waals surface area contributed by atoms with E-state index in [4.69, 9.17) is 4.74 Å². The first-order valence-corrected chi connectivity index (χ1v) is 7.82. The molecule has 1 saturated heterocycles. The molecule has 3 rings (SSSR count). The molecule has 0 aromatic heterocycles. The van der Waals surface area contributed by atoms with Crippen LogP contribution < -0.4 is 4.90 Å². The summed E-state index contributed by atoms with van der Waals surface area (Å²) in [5.74, 6) is -0.0789. The summed E-state index contributed by atoms with van der Waals surface area (Å²) in [4.78, 5) is 25.3. The average Bonchev–Trinajstić information content (AvgIpc) is 3.21. The molecule has 2 aliphatic rings. The van der Waals surface area contributed by atoms with Crippen LogP contribution in [0, 0.1) is 16.0 Å². The van der Waals surface area contributed by atoms with Crippen molar-refractivity contribution in [3.05, 3.63) is 34.4 Å². The van der Waals surface area contributed by atoms with Crippen molar-refractivity contribution >= 4 is 17.3 Å². The molecule has 0 bridgehead atoms. The van der Waals surface area contributed by atoms with E-state index in [1.54, 1.807) is 17.0 Å². The molecule has 1 heterocycles. The van der Waals surface area contributed by atoms with E-state index in [2.05, 4.69) is 0 Å². The summed E-state index contributed by atoms with van der Waals surface area (Å²) in [6.45, 7) is 1.07. The van der Waals surface area contributed by atoms with E-state index < -0.39 is 4.92 Å². The fraction of sp³-hybridized carbons (Fsp3) is 0.562. The van der Waals surface area contributed by atoms with Gasteiger partial charge < -0.3 is 9.64 Å². The topological polar surface area (TPSA) is 72.7 Å². The second kappa shape index (κ2) is 6.44. The Morgan fingerprint density at radius 3 is 2.68 bits per heavy atom. The molecule has 1 atom stereocenters. The van der Waals surface area contributed by atoms with Crippen LogP contribution in [-0.2, 0) is 9.53 Å². The van der Waals surface area contributed by atoms with Crippen molar-refractivity contribution in [1.82, 2.24) is 0 Å². The van der Waals surface area contributed by atoms with E-state index in [0.29, 0.717) is 18.9 Å². The van der Waals surface area contributed by atoms with Crippen molar-refractivity contribution in [3.8, 4) is 0 Å². The highest BCUT2D eigenvalue weighted by molar-refractivity contribution is 5.96. The van der Waals surface area contributed by atoms with Gasteiger partial charge in [0, 0.05) is 24.8 Å². The number of ether oxygens (including phenoxy) is 1. The Bertz CT molecular complexity index is 563. The lowest BCUT2D eigenvalue weighted by Gasteiger charge is -2.31. The summed E-state index contributed by atoms with van der Waals surface area (Å²) in [7, 11) is 0. The Morgan fingerprint density at radius 2 is 2.05 bits per heavy atom. The van der Waals surface area contributed by atoms with Gasteiger partial charge >= 0.3 is 0 Å². The van der Waals surface area contributed by atoms with Gasteiger partial charge in [-0.3, -0.25) is 14.9 Å². The zero-order valence-corrected chi connectivity index (χ0v) is 12.4. The zero-order chi connectivity index (χ0) is 15.5. The van der Waals surface area contributed by atoms with Gasteiger partial charge in [0.05, 0.1) is 23.1 Å². The predicted molar refractivity (Wildman–Crippen MR) is 81.8 cm³/mol. The van der Waals surface area contributed by atoms with Gasteiger partial charge in [-0.2, -0.15) is 0 Å². The molecule has 0 unspecified atom stereocenters. The minimum atomic E-state index is -0.417. The maximum Gasteiger partial charge on any atom is 0.271 e. The van der Waals surface area contributed by atoms with Crippen molar-refractivity contribution in [2.45, 2.75) is 38.1 Å². The van der Waals surface area contributed by atoms with E-state index in [0.717, 1.165) is 32.1 Å². The molecule has 1 aliphatic heterocycles. The summed E-state index contributed by atoms with van der Waals surface area (Å²) in [5, 5.41) is 11.0. The third-order valence-electron chi connectivity index (χ3n) is 4.52. The number of hydrogen-bond donors (Lipinski definition) is 0. The second-order valence-electron chi connectivity index (χ2n) is 5.98. The first kappa shape index (κ1) is 15.0. The van der Waals surface area contributed by atoms with Gasteiger partial charge in [0.1, 0.15) is 0 Å². The number of nitro groups is 1. The van der Waals surface area contributed by atoms with Crippen molar-refractivity contribution in [2.75, 3.05) is 18.1 Å². The highest BCUT2D eigenvalue weighted by atomic mass is 16.6. The molecule has 1 aromatic carbocycles. The molecule has 1 amide bonds. The molecule has 1 saturated carbocycles. The number of anilines is 1. The summed E-state index contributed by atoms with van der Waals surface area (Å²) < 4.78 is 5.33. The third-order valence-corrected chi connectivity index (χ3v) is 4.52. The van der Waals surface area contributed by atoms with Crippen molar-refractivity contribution in [2.24, 2.45) is 5.92 Å². The van der Waals surface area contributed by atoms with E-state index >= 15 is 0 Å². The number of nitrogens with zero attached hydrogens (tertiary/aromatic N) is 2. The predicted octanol–water partition coefficient (Wildman–Crippen LogP) is 2.91. The summed E-state index contributed by atoms with van der Waals surface area (Å²) in [6, 6.07) is 6.55. The quantitative estimate of drug-likeness (QED) is 0.633. The number of amides is 1. The average molecular weight is 304 g/mol. The van der Waals surface area contributed by atoms with Crippen LogP contribution in [0.5, 0.6) is 0 Å². The minimum Gasteiger partial charge on any atom is -0.381 e. The van der Waals surface area contributed by atoms with Crippen LogP contribution in [0.25, 0.3) is 0 Å². The SMILES string of the molecule is O=C([C@H]1CCOC1)N(c1cccc([N+](=O)[O-])c1)C1CCCC1. The fourth-order valence-electron chi connectivity index (χ4n) is 3.36. The molecule has 118 valence electrons. The molecule has 1 aliphatic carbocycles. The first-order chi connectivity index (χ1) is 10.7.